The summed E-state index contributed by atoms with van der Waals surface area (Å²) in [6.45, 7) is 1.83. The number of methoxy groups -OCH3 is 1. The second-order valence-electron chi connectivity index (χ2n) is 4.22. The average Bonchev–Trinajstić information content (AvgIpc) is 2.46. The normalized spacial score (nSPS) is 11.8. The summed E-state index contributed by atoms with van der Waals surface area (Å²) >= 11 is 6.11. The van der Waals surface area contributed by atoms with Gasteiger partial charge in [0, 0.05) is 5.02 Å². The van der Waals surface area contributed by atoms with E-state index in [-0.39, 0.29) is 23.4 Å². The number of rotatable bonds is 5. The van der Waals surface area contributed by atoms with Crippen molar-refractivity contribution in [3.63, 3.8) is 0 Å². The Morgan fingerprint density at radius 3 is 2.71 bits per heavy atom. The van der Waals surface area contributed by atoms with Crippen LogP contribution in [0.2, 0.25) is 5.02 Å². The number of halogens is 1. The lowest BCUT2D eigenvalue weighted by atomic mass is 10.1. The molecule has 1 atom stereocenters. The van der Waals surface area contributed by atoms with Crippen LogP contribution in [0.15, 0.2) is 30.6 Å². The first-order valence-electron chi connectivity index (χ1n) is 6.09. The van der Waals surface area contributed by atoms with Gasteiger partial charge in [-0.2, -0.15) is 4.98 Å². The number of hydrogen-bond donors (Lipinski definition) is 1. The predicted molar refractivity (Wildman–Crippen MR) is 78.7 cm³/mol. The summed E-state index contributed by atoms with van der Waals surface area (Å²) in [4.78, 5) is 18.2. The smallest absolute Gasteiger partial charge is 0.372 e. The molecule has 1 N–H and O–H groups in total. The van der Waals surface area contributed by atoms with Crippen LogP contribution < -0.4 is 10.1 Å². The molecule has 1 aromatic heterocycles. The van der Waals surface area contributed by atoms with Gasteiger partial charge < -0.3 is 10.1 Å². The van der Waals surface area contributed by atoms with Crippen LogP contribution in [0.3, 0.4) is 0 Å². The molecular formula is C13H13ClN4O3. The van der Waals surface area contributed by atoms with Crippen molar-refractivity contribution in [1.82, 2.24) is 9.97 Å². The molecule has 0 saturated heterocycles. The van der Waals surface area contributed by atoms with Crippen LogP contribution in [0.4, 0.5) is 11.5 Å². The molecule has 1 heterocycles. The number of anilines is 1. The van der Waals surface area contributed by atoms with Crippen LogP contribution in [-0.2, 0) is 0 Å². The molecule has 0 aliphatic rings. The average molecular weight is 309 g/mol. The Bertz CT molecular complexity index is 666. The summed E-state index contributed by atoms with van der Waals surface area (Å²) in [5.74, 6) is -0.0110. The molecule has 8 heteroatoms. The van der Waals surface area contributed by atoms with Gasteiger partial charge in [-0.25, -0.2) is 4.98 Å². The summed E-state index contributed by atoms with van der Waals surface area (Å²) < 4.78 is 4.90. The van der Waals surface area contributed by atoms with E-state index in [1.807, 2.05) is 25.1 Å². The minimum atomic E-state index is -0.583. The molecule has 21 heavy (non-hydrogen) atoms. The van der Waals surface area contributed by atoms with E-state index >= 15 is 0 Å². The molecule has 0 aliphatic heterocycles. The number of nitro groups is 1. The Labute approximate surface area is 126 Å². The van der Waals surface area contributed by atoms with E-state index in [0.717, 1.165) is 5.56 Å². The van der Waals surface area contributed by atoms with Crippen LogP contribution in [0, 0.1) is 10.1 Å². The standard InChI is InChI=1S/C13H13ClN4O3/c1-8(9-5-3-4-6-10(9)14)17-12-11(18(19)20)13(21-2)16-7-15-12/h3-8H,1-2H3,(H,15,16,17). The lowest BCUT2D eigenvalue weighted by molar-refractivity contribution is -0.385. The molecule has 1 aromatic carbocycles. The highest BCUT2D eigenvalue weighted by atomic mass is 35.5. The van der Waals surface area contributed by atoms with E-state index in [0.29, 0.717) is 5.02 Å². The molecule has 1 unspecified atom stereocenters. The molecule has 7 nitrogen and oxygen atoms in total. The first kappa shape index (κ1) is 15.0. The fourth-order valence-electron chi connectivity index (χ4n) is 1.89. The van der Waals surface area contributed by atoms with Gasteiger partial charge in [0.15, 0.2) is 0 Å². The summed E-state index contributed by atoms with van der Waals surface area (Å²) in [5, 5.41) is 14.7. The maximum atomic E-state index is 11.2. The van der Waals surface area contributed by atoms with Gasteiger partial charge in [0.2, 0.25) is 5.82 Å². The lowest BCUT2D eigenvalue weighted by Gasteiger charge is -2.16. The molecule has 0 spiro atoms. The van der Waals surface area contributed by atoms with Crippen molar-refractivity contribution in [2.75, 3.05) is 12.4 Å². The molecule has 0 bridgehead atoms. The molecule has 2 aromatic rings. The Morgan fingerprint density at radius 1 is 1.38 bits per heavy atom. The van der Waals surface area contributed by atoms with Crippen molar-refractivity contribution in [2.45, 2.75) is 13.0 Å². The highest BCUT2D eigenvalue weighted by Crippen LogP contribution is 2.33. The summed E-state index contributed by atoms with van der Waals surface area (Å²) in [5.41, 5.74) is 0.505. The number of benzene rings is 1. The maximum Gasteiger partial charge on any atom is 0.372 e. The van der Waals surface area contributed by atoms with Crippen LogP contribution in [0.1, 0.15) is 18.5 Å². The van der Waals surface area contributed by atoms with Gasteiger partial charge in [0.1, 0.15) is 6.33 Å². The van der Waals surface area contributed by atoms with E-state index in [2.05, 4.69) is 15.3 Å². The third-order valence-corrected chi connectivity index (χ3v) is 3.23. The topological polar surface area (TPSA) is 90.2 Å². The van der Waals surface area contributed by atoms with E-state index < -0.39 is 4.92 Å². The molecule has 0 radical (unpaired) electrons. The third-order valence-electron chi connectivity index (χ3n) is 2.89. The molecular weight excluding hydrogens is 296 g/mol. The largest absolute Gasteiger partial charge is 0.476 e. The van der Waals surface area contributed by atoms with Crippen molar-refractivity contribution in [3.05, 3.63) is 51.3 Å². The van der Waals surface area contributed by atoms with Crippen LogP contribution in [-0.4, -0.2) is 22.0 Å². The van der Waals surface area contributed by atoms with E-state index in [1.54, 1.807) is 6.07 Å². The molecule has 0 amide bonds. The molecule has 0 fully saturated rings. The first-order valence-corrected chi connectivity index (χ1v) is 6.46. The number of ether oxygens (including phenoxy) is 1. The highest BCUT2D eigenvalue weighted by molar-refractivity contribution is 6.31. The highest BCUT2D eigenvalue weighted by Gasteiger charge is 2.25. The molecule has 2 rings (SSSR count). The SMILES string of the molecule is COc1ncnc(NC(C)c2ccccc2Cl)c1[N+](=O)[O-]. The Hall–Kier alpha value is -2.41. The maximum absolute atomic E-state index is 11.2. The quantitative estimate of drug-likeness (QED) is 0.673. The number of aromatic nitrogens is 2. The fourth-order valence-corrected chi connectivity index (χ4v) is 2.19. The second-order valence-corrected chi connectivity index (χ2v) is 4.63. The van der Waals surface area contributed by atoms with Gasteiger partial charge in [-0.3, -0.25) is 10.1 Å². The minimum absolute atomic E-state index is 0.0827. The molecule has 0 saturated carbocycles. The third kappa shape index (κ3) is 3.19. The number of nitrogens with one attached hydrogen (secondary N) is 1. The number of nitrogens with zero attached hydrogens (tertiary/aromatic N) is 3. The van der Waals surface area contributed by atoms with Gasteiger partial charge in [-0.05, 0) is 18.6 Å². The monoisotopic (exact) mass is 308 g/mol. The summed E-state index contributed by atoms with van der Waals surface area (Å²) in [7, 11) is 1.32. The zero-order chi connectivity index (χ0) is 15.4. The molecule has 0 aliphatic carbocycles. The fraction of sp³-hybridized carbons (Fsp3) is 0.231. The Kier molecular flexibility index (Phi) is 4.54. The van der Waals surface area contributed by atoms with Crippen molar-refractivity contribution >= 4 is 23.1 Å². The summed E-state index contributed by atoms with van der Waals surface area (Å²) in [6.07, 6.45) is 1.20. The lowest BCUT2D eigenvalue weighted by Crippen LogP contribution is -2.11. The van der Waals surface area contributed by atoms with E-state index in [9.17, 15) is 10.1 Å². The van der Waals surface area contributed by atoms with Crippen LogP contribution >= 0.6 is 11.6 Å². The Balaban J connectivity index is 2.36. The van der Waals surface area contributed by atoms with E-state index in [1.165, 1.54) is 13.4 Å². The van der Waals surface area contributed by atoms with Crippen molar-refractivity contribution in [1.29, 1.82) is 0 Å². The van der Waals surface area contributed by atoms with E-state index in [4.69, 9.17) is 16.3 Å². The predicted octanol–water partition coefficient (Wildman–Crippen LogP) is 3.22. The van der Waals surface area contributed by atoms with Gasteiger partial charge in [-0.15, -0.1) is 0 Å². The minimum Gasteiger partial charge on any atom is -0.476 e. The van der Waals surface area contributed by atoms with Crippen molar-refractivity contribution in [2.24, 2.45) is 0 Å². The van der Waals surface area contributed by atoms with Gasteiger partial charge in [-0.1, -0.05) is 29.8 Å². The van der Waals surface area contributed by atoms with Crippen LogP contribution in [0.25, 0.3) is 0 Å². The zero-order valence-electron chi connectivity index (χ0n) is 11.4. The number of hydrogen-bond acceptors (Lipinski definition) is 6. The summed E-state index contributed by atoms with van der Waals surface area (Å²) in [6, 6.07) is 6.98. The van der Waals surface area contributed by atoms with Crippen LogP contribution in [0.5, 0.6) is 5.88 Å². The van der Waals surface area contributed by atoms with Crippen molar-refractivity contribution < 1.29 is 9.66 Å². The Morgan fingerprint density at radius 2 is 2.10 bits per heavy atom. The second kappa shape index (κ2) is 6.36. The van der Waals surface area contributed by atoms with Crippen molar-refractivity contribution in [3.8, 4) is 5.88 Å². The van der Waals surface area contributed by atoms with Gasteiger partial charge >= 0.3 is 5.69 Å². The van der Waals surface area contributed by atoms with Gasteiger partial charge in [0.25, 0.3) is 5.88 Å². The first-order chi connectivity index (χ1) is 10.0. The molecule has 110 valence electrons. The van der Waals surface area contributed by atoms with Gasteiger partial charge in [0.05, 0.1) is 18.1 Å². The zero-order valence-corrected chi connectivity index (χ0v) is 12.2.